The minimum absolute atomic E-state index is 0.103. The zero-order chi connectivity index (χ0) is 16.6. The van der Waals surface area contributed by atoms with Crippen molar-refractivity contribution in [3.63, 3.8) is 0 Å². The minimum atomic E-state index is -4.70. The zero-order valence-electron chi connectivity index (χ0n) is 11.7. The summed E-state index contributed by atoms with van der Waals surface area (Å²) < 4.78 is 38.8. The van der Waals surface area contributed by atoms with Gasteiger partial charge in [0, 0.05) is 5.69 Å². The second-order valence-corrected chi connectivity index (χ2v) is 4.60. The number of fused-ring (bicyclic) bond motifs is 1. The van der Waals surface area contributed by atoms with Crippen molar-refractivity contribution in [3.8, 4) is 0 Å². The normalized spacial score (nSPS) is 11.7. The van der Waals surface area contributed by atoms with E-state index >= 15 is 0 Å². The van der Waals surface area contributed by atoms with E-state index in [4.69, 9.17) is 0 Å². The first-order chi connectivity index (χ1) is 10.9. The van der Waals surface area contributed by atoms with Gasteiger partial charge in [-0.1, -0.05) is 18.2 Å². The van der Waals surface area contributed by atoms with E-state index in [-0.39, 0.29) is 17.2 Å². The van der Waals surface area contributed by atoms with Gasteiger partial charge in [-0.25, -0.2) is 0 Å². The molecule has 7 nitrogen and oxygen atoms in total. The molecule has 0 saturated heterocycles. The molecule has 0 aliphatic heterocycles. The summed E-state index contributed by atoms with van der Waals surface area (Å²) in [4.78, 5) is 15.4. The van der Waals surface area contributed by atoms with Crippen LogP contribution >= 0.6 is 0 Å². The van der Waals surface area contributed by atoms with E-state index in [1.165, 1.54) is 6.92 Å². The van der Waals surface area contributed by atoms with Crippen molar-refractivity contribution in [3.05, 3.63) is 47.5 Å². The number of amides is 1. The highest BCUT2D eigenvalue weighted by Gasteiger charge is 2.37. The molecule has 0 saturated carbocycles. The van der Waals surface area contributed by atoms with Gasteiger partial charge in [0.1, 0.15) is 0 Å². The largest absolute Gasteiger partial charge is 0.453 e. The smallest absolute Gasteiger partial charge is 0.321 e. The maximum Gasteiger partial charge on any atom is 0.453 e. The van der Waals surface area contributed by atoms with E-state index in [2.05, 4.69) is 25.6 Å². The molecule has 118 valence electrons. The Kier molecular flexibility index (Phi) is 3.43. The molecule has 2 aromatic heterocycles. The number of halogens is 3. The molecule has 23 heavy (non-hydrogen) atoms. The van der Waals surface area contributed by atoms with Crippen LogP contribution in [-0.4, -0.2) is 30.7 Å². The van der Waals surface area contributed by atoms with Crippen LogP contribution < -0.4 is 5.32 Å². The Morgan fingerprint density at radius 2 is 1.87 bits per heavy atom. The number of carbonyl (C=O) groups excluding carboxylic acids is 1. The van der Waals surface area contributed by atoms with Crippen LogP contribution in [0.5, 0.6) is 0 Å². The number of carbonyl (C=O) groups is 1. The third-order valence-electron chi connectivity index (χ3n) is 2.99. The Hall–Kier alpha value is -3.04. The van der Waals surface area contributed by atoms with E-state index in [9.17, 15) is 18.0 Å². The lowest BCUT2D eigenvalue weighted by molar-refractivity contribution is -0.144. The van der Waals surface area contributed by atoms with Gasteiger partial charge in [0.2, 0.25) is 0 Å². The molecular formula is C13H9F3N6O. The van der Waals surface area contributed by atoms with Crippen LogP contribution in [0, 0.1) is 6.92 Å². The maximum absolute atomic E-state index is 12.6. The van der Waals surface area contributed by atoms with Crippen LogP contribution in [0.4, 0.5) is 18.9 Å². The second kappa shape index (κ2) is 5.30. The monoisotopic (exact) mass is 322 g/mol. The number of nitrogens with zero attached hydrogens (tertiary/aromatic N) is 5. The Balaban J connectivity index is 1.98. The third kappa shape index (κ3) is 2.82. The van der Waals surface area contributed by atoms with E-state index in [0.29, 0.717) is 5.69 Å². The first-order valence-corrected chi connectivity index (χ1v) is 6.40. The quantitative estimate of drug-likeness (QED) is 0.781. The number of anilines is 1. The summed E-state index contributed by atoms with van der Waals surface area (Å²) in [5, 5.41) is 13.1. The number of alkyl halides is 3. The van der Waals surface area contributed by atoms with Crippen LogP contribution in [0.3, 0.4) is 0 Å². The standard InChI is InChI=1S/C13H9F3N6O/c1-7-9(10(23)17-8-5-3-2-4-6-8)19-20-12-18-11(13(14,15)16)21-22(7)12/h2-6H,1H3,(H,17,23). The lowest BCUT2D eigenvalue weighted by Gasteiger charge is -2.06. The molecule has 0 bridgehead atoms. The third-order valence-corrected chi connectivity index (χ3v) is 2.99. The minimum Gasteiger partial charge on any atom is -0.321 e. The Morgan fingerprint density at radius 1 is 1.17 bits per heavy atom. The van der Waals surface area contributed by atoms with Crippen LogP contribution in [0.25, 0.3) is 5.78 Å². The fourth-order valence-corrected chi connectivity index (χ4v) is 1.90. The fraction of sp³-hybridized carbons (Fsp3) is 0.154. The highest BCUT2D eigenvalue weighted by molar-refractivity contribution is 6.03. The summed E-state index contributed by atoms with van der Waals surface area (Å²) in [7, 11) is 0. The Morgan fingerprint density at radius 3 is 2.52 bits per heavy atom. The molecule has 0 atom stereocenters. The number of hydrogen-bond acceptors (Lipinski definition) is 5. The lowest BCUT2D eigenvalue weighted by Crippen LogP contribution is -2.18. The second-order valence-electron chi connectivity index (χ2n) is 4.60. The molecule has 0 fully saturated rings. The van der Waals surface area contributed by atoms with Gasteiger partial charge >= 0.3 is 6.18 Å². The van der Waals surface area contributed by atoms with Crippen molar-refractivity contribution in [1.29, 1.82) is 0 Å². The number of para-hydroxylation sites is 1. The van der Waals surface area contributed by atoms with E-state index in [0.717, 1.165) is 4.52 Å². The van der Waals surface area contributed by atoms with Gasteiger partial charge in [0.05, 0.1) is 5.69 Å². The van der Waals surface area contributed by atoms with Crippen LogP contribution in [0.1, 0.15) is 22.0 Å². The zero-order valence-corrected chi connectivity index (χ0v) is 11.7. The summed E-state index contributed by atoms with van der Waals surface area (Å²) >= 11 is 0. The molecule has 0 aliphatic rings. The van der Waals surface area contributed by atoms with Gasteiger partial charge in [0.25, 0.3) is 17.5 Å². The number of benzene rings is 1. The number of nitrogens with one attached hydrogen (secondary N) is 1. The van der Waals surface area contributed by atoms with E-state index in [1.54, 1.807) is 30.3 Å². The summed E-state index contributed by atoms with van der Waals surface area (Å²) in [5.41, 5.74) is 0.486. The molecule has 3 rings (SSSR count). The molecule has 0 radical (unpaired) electrons. The van der Waals surface area contributed by atoms with Crippen molar-refractivity contribution >= 4 is 17.4 Å². The van der Waals surface area contributed by atoms with Crippen molar-refractivity contribution < 1.29 is 18.0 Å². The summed E-state index contributed by atoms with van der Waals surface area (Å²) in [5.74, 6) is -2.27. The topological polar surface area (TPSA) is 85.1 Å². The summed E-state index contributed by atoms with van der Waals surface area (Å²) in [6.07, 6.45) is -4.70. The highest BCUT2D eigenvalue weighted by Crippen LogP contribution is 2.26. The molecule has 1 N–H and O–H groups in total. The lowest BCUT2D eigenvalue weighted by atomic mass is 10.3. The molecule has 2 heterocycles. The van der Waals surface area contributed by atoms with Crippen molar-refractivity contribution in [2.45, 2.75) is 13.1 Å². The molecular weight excluding hydrogens is 313 g/mol. The summed E-state index contributed by atoms with van der Waals surface area (Å²) in [6, 6.07) is 8.56. The SMILES string of the molecule is Cc1c(C(=O)Nc2ccccc2)nnc2nc(C(F)(F)F)nn12. The van der Waals surface area contributed by atoms with Gasteiger partial charge in [-0.05, 0) is 19.1 Å². The van der Waals surface area contributed by atoms with Crippen LogP contribution in [-0.2, 0) is 6.18 Å². The van der Waals surface area contributed by atoms with E-state index in [1.807, 2.05) is 0 Å². The van der Waals surface area contributed by atoms with Gasteiger partial charge in [0.15, 0.2) is 5.69 Å². The number of hydrogen-bond donors (Lipinski definition) is 1. The molecule has 3 aromatic rings. The average Bonchev–Trinajstić information content (AvgIpc) is 2.94. The molecule has 1 aromatic carbocycles. The van der Waals surface area contributed by atoms with Gasteiger partial charge in [-0.2, -0.15) is 22.7 Å². The highest BCUT2D eigenvalue weighted by atomic mass is 19.4. The Labute approximate surface area is 127 Å². The van der Waals surface area contributed by atoms with Crippen molar-refractivity contribution in [1.82, 2.24) is 24.8 Å². The molecule has 0 aliphatic carbocycles. The van der Waals surface area contributed by atoms with Gasteiger partial charge < -0.3 is 5.32 Å². The maximum atomic E-state index is 12.6. The van der Waals surface area contributed by atoms with Gasteiger partial charge in [-0.15, -0.1) is 15.3 Å². The molecule has 1 amide bonds. The summed E-state index contributed by atoms with van der Waals surface area (Å²) in [6.45, 7) is 1.41. The number of aromatic nitrogens is 5. The first kappa shape index (κ1) is 14.9. The predicted octanol–water partition coefficient (Wildman–Crippen LogP) is 2.10. The van der Waals surface area contributed by atoms with Crippen LogP contribution in [0.15, 0.2) is 30.3 Å². The first-order valence-electron chi connectivity index (χ1n) is 6.40. The molecule has 10 heteroatoms. The number of aryl methyl sites for hydroxylation is 1. The van der Waals surface area contributed by atoms with Crippen LogP contribution in [0.2, 0.25) is 0 Å². The predicted molar refractivity (Wildman–Crippen MR) is 72.7 cm³/mol. The van der Waals surface area contributed by atoms with Crippen molar-refractivity contribution in [2.75, 3.05) is 5.32 Å². The number of rotatable bonds is 2. The average molecular weight is 322 g/mol. The van der Waals surface area contributed by atoms with Crippen molar-refractivity contribution in [2.24, 2.45) is 0 Å². The molecule has 0 unspecified atom stereocenters. The Bertz CT molecular complexity index is 875. The molecule has 0 spiro atoms. The van der Waals surface area contributed by atoms with E-state index < -0.39 is 17.9 Å². The fourth-order valence-electron chi connectivity index (χ4n) is 1.90. The van der Waals surface area contributed by atoms with Gasteiger partial charge in [-0.3, -0.25) is 4.79 Å².